The minimum atomic E-state index is -0.180. The van der Waals surface area contributed by atoms with Crippen LogP contribution in [0.5, 0.6) is 11.5 Å². The van der Waals surface area contributed by atoms with Gasteiger partial charge in [0, 0.05) is 19.6 Å². The number of nitrogens with zero attached hydrogens (tertiary/aromatic N) is 2. The molecule has 1 aliphatic rings. The second-order valence-electron chi connectivity index (χ2n) is 6.37. The van der Waals surface area contributed by atoms with Crippen molar-refractivity contribution in [3.63, 3.8) is 0 Å². The molecule has 7 nitrogen and oxygen atoms in total. The third kappa shape index (κ3) is 4.13. The van der Waals surface area contributed by atoms with Crippen molar-refractivity contribution in [1.29, 1.82) is 0 Å². The van der Waals surface area contributed by atoms with Gasteiger partial charge in [0.05, 0.1) is 17.4 Å². The van der Waals surface area contributed by atoms with Gasteiger partial charge in [-0.1, -0.05) is 18.2 Å². The van der Waals surface area contributed by atoms with E-state index >= 15 is 0 Å². The van der Waals surface area contributed by atoms with Crippen molar-refractivity contribution in [1.82, 2.24) is 20.2 Å². The number of carbonyl (C=O) groups excluding carboxylic acids is 1. The van der Waals surface area contributed by atoms with E-state index in [1.165, 1.54) is 0 Å². The molecule has 0 aliphatic carbocycles. The first kappa shape index (κ1) is 17.2. The molecule has 3 aromatic rings. The normalized spacial score (nSPS) is 12.7. The average molecular weight is 366 g/mol. The molecule has 1 aliphatic heterocycles. The molecular formula is C20H22N4O3. The highest BCUT2D eigenvalue weighted by Crippen LogP contribution is 2.30. The summed E-state index contributed by atoms with van der Waals surface area (Å²) in [5.74, 6) is 1.48. The van der Waals surface area contributed by atoms with E-state index in [0.717, 1.165) is 41.1 Å². The number of hydrogen-bond acceptors (Lipinski definition) is 4. The lowest BCUT2D eigenvalue weighted by Gasteiger charge is -2.19. The SMILES string of the molecule is O=C(NCCCn1cnc2ccccc21)NCc1ccc2c(c1)OCCO2. The van der Waals surface area contributed by atoms with E-state index in [2.05, 4.69) is 26.3 Å². The monoisotopic (exact) mass is 366 g/mol. The average Bonchev–Trinajstić information content (AvgIpc) is 3.13. The third-order valence-corrected chi connectivity index (χ3v) is 4.45. The molecule has 0 saturated heterocycles. The van der Waals surface area contributed by atoms with E-state index in [9.17, 15) is 4.79 Å². The van der Waals surface area contributed by atoms with Crippen LogP contribution in [0.2, 0.25) is 0 Å². The zero-order valence-corrected chi connectivity index (χ0v) is 15.0. The second kappa shape index (κ2) is 7.99. The summed E-state index contributed by atoms with van der Waals surface area (Å²) >= 11 is 0. The van der Waals surface area contributed by atoms with Crippen LogP contribution in [0, 0.1) is 0 Å². The predicted molar refractivity (Wildman–Crippen MR) is 102 cm³/mol. The Morgan fingerprint density at radius 1 is 1.07 bits per heavy atom. The van der Waals surface area contributed by atoms with Crippen molar-refractivity contribution >= 4 is 17.1 Å². The topological polar surface area (TPSA) is 77.4 Å². The number of benzene rings is 2. The molecule has 7 heteroatoms. The summed E-state index contributed by atoms with van der Waals surface area (Å²) in [5.41, 5.74) is 3.07. The molecule has 0 unspecified atom stereocenters. The zero-order chi connectivity index (χ0) is 18.5. The zero-order valence-electron chi connectivity index (χ0n) is 15.0. The predicted octanol–water partition coefficient (Wildman–Crippen LogP) is 2.70. The molecule has 0 radical (unpaired) electrons. The fourth-order valence-electron chi connectivity index (χ4n) is 3.08. The molecule has 2 aromatic carbocycles. The quantitative estimate of drug-likeness (QED) is 0.658. The number of urea groups is 1. The molecule has 1 aromatic heterocycles. The van der Waals surface area contributed by atoms with Crippen LogP contribution in [-0.2, 0) is 13.1 Å². The lowest BCUT2D eigenvalue weighted by Crippen LogP contribution is -2.35. The number of aromatic nitrogens is 2. The van der Waals surface area contributed by atoms with Gasteiger partial charge in [0.2, 0.25) is 0 Å². The van der Waals surface area contributed by atoms with Gasteiger partial charge in [-0.25, -0.2) is 9.78 Å². The molecule has 0 spiro atoms. The highest BCUT2D eigenvalue weighted by molar-refractivity contribution is 5.75. The van der Waals surface area contributed by atoms with Gasteiger partial charge in [-0.3, -0.25) is 0 Å². The summed E-state index contributed by atoms with van der Waals surface area (Å²) in [5, 5.41) is 5.75. The summed E-state index contributed by atoms with van der Waals surface area (Å²) in [4.78, 5) is 16.4. The van der Waals surface area contributed by atoms with Gasteiger partial charge in [-0.05, 0) is 36.2 Å². The minimum Gasteiger partial charge on any atom is -0.486 e. The number of aryl methyl sites for hydroxylation is 1. The van der Waals surface area contributed by atoms with Crippen LogP contribution in [0.1, 0.15) is 12.0 Å². The molecule has 0 saturated carbocycles. The van der Waals surface area contributed by atoms with Crippen LogP contribution < -0.4 is 20.1 Å². The van der Waals surface area contributed by atoms with Crippen LogP contribution in [0.15, 0.2) is 48.8 Å². The summed E-state index contributed by atoms with van der Waals surface area (Å²) in [6.45, 7) is 2.97. The van der Waals surface area contributed by atoms with Crippen molar-refractivity contribution < 1.29 is 14.3 Å². The van der Waals surface area contributed by atoms with Crippen LogP contribution >= 0.6 is 0 Å². The molecule has 2 heterocycles. The Morgan fingerprint density at radius 2 is 1.93 bits per heavy atom. The summed E-state index contributed by atoms with van der Waals surface area (Å²) < 4.78 is 13.2. The molecule has 4 rings (SSSR count). The Labute approximate surface area is 157 Å². The van der Waals surface area contributed by atoms with Gasteiger partial charge in [-0.15, -0.1) is 0 Å². The third-order valence-electron chi connectivity index (χ3n) is 4.45. The largest absolute Gasteiger partial charge is 0.486 e. The molecule has 2 N–H and O–H groups in total. The highest BCUT2D eigenvalue weighted by Gasteiger charge is 2.12. The fraction of sp³-hybridized carbons (Fsp3) is 0.300. The van der Waals surface area contributed by atoms with Gasteiger partial charge >= 0.3 is 6.03 Å². The Hall–Kier alpha value is -3.22. The number of ether oxygens (including phenoxy) is 2. The Bertz CT molecular complexity index is 938. The van der Waals surface area contributed by atoms with Crippen molar-refractivity contribution in [2.24, 2.45) is 0 Å². The number of carbonyl (C=O) groups is 1. The van der Waals surface area contributed by atoms with E-state index in [1.807, 2.05) is 42.7 Å². The number of imidazole rings is 1. The molecule has 0 atom stereocenters. The first-order valence-electron chi connectivity index (χ1n) is 9.10. The van der Waals surface area contributed by atoms with Gasteiger partial charge in [0.15, 0.2) is 11.5 Å². The number of fused-ring (bicyclic) bond motifs is 2. The fourth-order valence-corrected chi connectivity index (χ4v) is 3.08. The number of nitrogens with one attached hydrogen (secondary N) is 2. The van der Waals surface area contributed by atoms with Gasteiger partial charge in [0.1, 0.15) is 13.2 Å². The van der Waals surface area contributed by atoms with E-state index < -0.39 is 0 Å². The lowest BCUT2D eigenvalue weighted by molar-refractivity contribution is 0.171. The first-order valence-corrected chi connectivity index (χ1v) is 9.10. The Kier molecular flexibility index (Phi) is 5.09. The number of amides is 2. The number of hydrogen-bond donors (Lipinski definition) is 2. The van der Waals surface area contributed by atoms with Crippen molar-refractivity contribution in [2.75, 3.05) is 19.8 Å². The molecule has 27 heavy (non-hydrogen) atoms. The Morgan fingerprint density at radius 3 is 2.85 bits per heavy atom. The Balaban J connectivity index is 1.20. The summed E-state index contributed by atoms with van der Waals surface area (Å²) in [6.07, 6.45) is 2.67. The molecule has 0 fully saturated rings. The maximum atomic E-state index is 12.0. The molecule has 2 amide bonds. The molecular weight excluding hydrogens is 344 g/mol. The van der Waals surface area contributed by atoms with E-state index in [-0.39, 0.29) is 6.03 Å². The molecule has 0 bridgehead atoms. The van der Waals surface area contributed by atoms with Crippen molar-refractivity contribution in [2.45, 2.75) is 19.5 Å². The smallest absolute Gasteiger partial charge is 0.315 e. The summed E-state index contributed by atoms with van der Waals surface area (Å²) in [6, 6.07) is 13.6. The van der Waals surface area contributed by atoms with Gasteiger partial charge in [0.25, 0.3) is 0 Å². The van der Waals surface area contributed by atoms with Crippen LogP contribution in [0.4, 0.5) is 4.79 Å². The van der Waals surface area contributed by atoms with Crippen LogP contribution in [0.3, 0.4) is 0 Å². The number of rotatable bonds is 6. The number of para-hydroxylation sites is 2. The first-order chi connectivity index (χ1) is 13.3. The maximum Gasteiger partial charge on any atom is 0.315 e. The van der Waals surface area contributed by atoms with E-state index in [0.29, 0.717) is 26.3 Å². The second-order valence-corrected chi connectivity index (χ2v) is 6.37. The summed E-state index contributed by atoms with van der Waals surface area (Å²) in [7, 11) is 0. The minimum absolute atomic E-state index is 0.180. The van der Waals surface area contributed by atoms with Gasteiger partial charge < -0.3 is 24.7 Å². The van der Waals surface area contributed by atoms with Crippen molar-refractivity contribution in [3.8, 4) is 11.5 Å². The lowest BCUT2D eigenvalue weighted by atomic mass is 10.2. The van der Waals surface area contributed by atoms with Gasteiger partial charge in [-0.2, -0.15) is 0 Å². The maximum absolute atomic E-state index is 12.0. The molecule has 140 valence electrons. The van der Waals surface area contributed by atoms with E-state index in [4.69, 9.17) is 9.47 Å². The standard InChI is InChI=1S/C20H22N4O3/c25-20(22-13-15-6-7-18-19(12-15)27-11-10-26-18)21-8-3-9-24-14-23-16-4-1-2-5-17(16)24/h1-2,4-7,12,14H,3,8-11,13H2,(H2,21,22,25). The van der Waals surface area contributed by atoms with Crippen LogP contribution in [0.25, 0.3) is 11.0 Å². The highest BCUT2D eigenvalue weighted by atomic mass is 16.6. The van der Waals surface area contributed by atoms with E-state index in [1.54, 1.807) is 0 Å². The van der Waals surface area contributed by atoms with Crippen LogP contribution in [-0.4, -0.2) is 35.3 Å². The van der Waals surface area contributed by atoms with Crippen molar-refractivity contribution in [3.05, 3.63) is 54.4 Å².